The molecule has 0 unspecified atom stereocenters. The Bertz CT molecular complexity index is 134. The van der Waals surface area contributed by atoms with E-state index >= 15 is 0 Å². The lowest BCUT2D eigenvalue weighted by Gasteiger charge is -2.03. The van der Waals surface area contributed by atoms with Crippen LogP contribution in [0.5, 0.6) is 0 Å². The Hall–Kier alpha value is -0.570. The molecule has 0 spiro atoms. The second kappa shape index (κ2) is 10.5. The van der Waals surface area contributed by atoms with E-state index in [2.05, 4.69) is 6.92 Å². The van der Waals surface area contributed by atoms with Gasteiger partial charge in [0.1, 0.15) is 0 Å². The first-order chi connectivity index (χ1) is 6.81. The summed E-state index contributed by atoms with van der Waals surface area (Å²) in [6, 6.07) is 0. The van der Waals surface area contributed by atoms with E-state index in [1.165, 1.54) is 0 Å². The van der Waals surface area contributed by atoms with E-state index in [0.717, 1.165) is 38.9 Å². The van der Waals surface area contributed by atoms with Crippen molar-refractivity contribution in [1.82, 2.24) is 0 Å². The first kappa shape index (κ1) is 13.4. The van der Waals surface area contributed by atoms with Gasteiger partial charge in [-0.3, -0.25) is 4.79 Å². The maximum Gasteiger partial charge on any atom is 0.305 e. The van der Waals surface area contributed by atoms with Gasteiger partial charge in [-0.1, -0.05) is 13.3 Å². The zero-order chi connectivity index (χ0) is 10.6. The Morgan fingerprint density at radius 3 is 2.50 bits per heavy atom. The fraction of sp³-hybridized carbons (Fsp3) is 0.909. The topological polar surface area (TPSA) is 35.5 Å². The summed E-state index contributed by atoms with van der Waals surface area (Å²) in [5, 5.41) is 0. The molecule has 0 aliphatic carbocycles. The minimum Gasteiger partial charge on any atom is -0.466 e. The average Bonchev–Trinajstić information content (AvgIpc) is 2.18. The molecule has 0 aromatic carbocycles. The number of ether oxygens (including phenoxy) is 2. The minimum atomic E-state index is -0.0741. The summed E-state index contributed by atoms with van der Waals surface area (Å²) in [4.78, 5) is 11.1. The summed E-state index contributed by atoms with van der Waals surface area (Å²) in [7, 11) is 0. The smallest absolute Gasteiger partial charge is 0.305 e. The molecule has 0 fully saturated rings. The van der Waals surface area contributed by atoms with Crippen molar-refractivity contribution in [2.24, 2.45) is 0 Å². The lowest BCUT2D eigenvalue weighted by atomic mass is 10.2. The highest BCUT2D eigenvalue weighted by molar-refractivity contribution is 5.69. The zero-order valence-corrected chi connectivity index (χ0v) is 9.38. The summed E-state index contributed by atoms with van der Waals surface area (Å²) in [6.45, 7) is 6.12. The lowest BCUT2D eigenvalue weighted by Crippen LogP contribution is -2.06. The van der Waals surface area contributed by atoms with Gasteiger partial charge in [0.2, 0.25) is 0 Å². The second-order valence-corrected chi connectivity index (χ2v) is 3.23. The maximum absolute atomic E-state index is 11.1. The van der Waals surface area contributed by atoms with Gasteiger partial charge in [0, 0.05) is 19.6 Å². The van der Waals surface area contributed by atoms with Crippen LogP contribution in [0.15, 0.2) is 0 Å². The van der Waals surface area contributed by atoms with Gasteiger partial charge in [0.25, 0.3) is 0 Å². The third-order valence-corrected chi connectivity index (χ3v) is 1.88. The fourth-order valence-electron chi connectivity index (χ4n) is 1.02. The van der Waals surface area contributed by atoms with Gasteiger partial charge in [-0.25, -0.2) is 0 Å². The molecule has 84 valence electrons. The molecule has 0 heterocycles. The van der Waals surface area contributed by atoms with Crippen molar-refractivity contribution in [2.75, 3.05) is 19.8 Å². The third kappa shape index (κ3) is 9.52. The van der Waals surface area contributed by atoms with Gasteiger partial charge in [-0.05, 0) is 26.2 Å². The summed E-state index contributed by atoms with van der Waals surface area (Å²) in [5.41, 5.74) is 0. The first-order valence-corrected chi connectivity index (χ1v) is 5.54. The van der Waals surface area contributed by atoms with Crippen molar-refractivity contribution >= 4 is 5.97 Å². The van der Waals surface area contributed by atoms with Gasteiger partial charge in [0.15, 0.2) is 0 Å². The second-order valence-electron chi connectivity index (χ2n) is 3.23. The van der Waals surface area contributed by atoms with Crippen LogP contribution in [0.25, 0.3) is 0 Å². The van der Waals surface area contributed by atoms with Gasteiger partial charge in [-0.15, -0.1) is 0 Å². The fourth-order valence-corrected chi connectivity index (χ4v) is 1.02. The molecule has 14 heavy (non-hydrogen) atoms. The quantitative estimate of drug-likeness (QED) is 0.426. The van der Waals surface area contributed by atoms with Gasteiger partial charge in [-0.2, -0.15) is 0 Å². The van der Waals surface area contributed by atoms with Crippen molar-refractivity contribution in [1.29, 1.82) is 0 Å². The first-order valence-electron chi connectivity index (χ1n) is 5.54. The van der Waals surface area contributed by atoms with E-state index in [4.69, 9.17) is 9.47 Å². The molecule has 0 saturated heterocycles. The standard InChI is InChI=1S/C11H22O3/c1-3-5-10-14-11(12)8-6-7-9-13-4-2/h3-10H2,1-2H3. The molecule has 0 saturated carbocycles. The Labute approximate surface area is 86.8 Å². The monoisotopic (exact) mass is 202 g/mol. The van der Waals surface area contributed by atoms with Crippen LogP contribution in [0.2, 0.25) is 0 Å². The number of carbonyl (C=O) groups excluding carboxylic acids is 1. The van der Waals surface area contributed by atoms with E-state index < -0.39 is 0 Å². The molecule has 0 amide bonds. The Balaban J connectivity index is 3.10. The molecule has 0 rings (SSSR count). The van der Waals surface area contributed by atoms with Crippen LogP contribution in [-0.4, -0.2) is 25.8 Å². The molecule has 0 atom stereocenters. The number of unbranched alkanes of at least 4 members (excludes halogenated alkanes) is 2. The number of hydrogen-bond donors (Lipinski definition) is 0. The Kier molecular flexibility index (Phi) is 10.1. The van der Waals surface area contributed by atoms with Crippen LogP contribution in [0.4, 0.5) is 0 Å². The highest BCUT2D eigenvalue weighted by atomic mass is 16.5. The predicted molar refractivity (Wildman–Crippen MR) is 56.2 cm³/mol. The van der Waals surface area contributed by atoms with Crippen molar-refractivity contribution in [3.63, 3.8) is 0 Å². The molecule has 3 heteroatoms. The van der Waals surface area contributed by atoms with E-state index in [-0.39, 0.29) is 5.97 Å². The van der Waals surface area contributed by atoms with Crippen molar-refractivity contribution in [3.05, 3.63) is 0 Å². The highest BCUT2D eigenvalue weighted by Gasteiger charge is 2.01. The molecule has 0 radical (unpaired) electrons. The van der Waals surface area contributed by atoms with Gasteiger partial charge in [0.05, 0.1) is 6.61 Å². The molecule has 0 aromatic rings. The number of rotatable bonds is 9. The summed E-state index contributed by atoms with van der Waals surface area (Å²) >= 11 is 0. The van der Waals surface area contributed by atoms with Crippen LogP contribution >= 0.6 is 0 Å². The average molecular weight is 202 g/mol. The largest absolute Gasteiger partial charge is 0.466 e. The minimum absolute atomic E-state index is 0.0741. The van der Waals surface area contributed by atoms with E-state index in [1.807, 2.05) is 6.92 Å². The summed E-state index contributed by atoms with van der Waals surface area (Å²) in [6.07, 6.45) is 4.36. The normalized spacial score (nSPS) is 10.1. The van der Waals surface area contributed by atoms with Crippen molar-refractivity contribution in [3.8, 4) is 0 Å². The van der Waals surface area contributed by atoms with Crippen molar-refractivity contribution < 1.29 is 14.3 Å². The van der Waals surface area contributed by atoms with Crippen LogP contribution in [0.3, 0.4) is 0 Å². The van der Waals surface area contributed by atoms with Crippen LogP contribution < -0.4 is 0 Å². The molecule has 0 aliphatic heterocycles. The molecule has 0 aliphatic rings. The van der Waals surface area contributed by atoms with E-state index in [0.29, 0.717) is 13.0 Å². The molecule has 0 bridgehead atoms. The van der Waals surface area contributed by atoms with E-state index in [9.17, 15) is 4.79 Å². The molecule has 0 N–H and O–H groups in total. The highest BCUT2D eigenvalue weighted by Crippen LogP contribution is 1.99. The molecular formula is C11H22O3. The molecule has 3 nitrogen and oxygen atoms in total. The summed E-state index contributed by atoms with van der Waals surface area (Å²) in [5.74, 6) is -0.0741. The van der Waals surface area contributed by atoms with Gasteiger partial charge >= 0.3 is 5.97 Å². The third-order valence-electron chi connectivity index (χ3n) is 1.88. The molecule has 0 aromatic heterocycles. The SMILES string of the molecule is CCCCOC(=O)CCCCOCC. The molecular weight excluding hydrogens is 180 g/mol. The number of carbonyl (C=O) groups is 1. The van der Waals surface area contributed by atoms with Crippen LogP contribution in [-0.2, 0) is 14.3 Å². The number of esters is 1. The Morgan fingerprint density at radius 2 is 1.86 bits per heavy atom. The van der Waals surface area contributed by atoms with Gasteiger partial charge < -0.3 is 9.47 Å². The Morgan fingerprint density at radius 1 is 1.07 bits per heavy atom. The number of hydrogen-bond acceptors (Lipinski definition) is 3. The van der Waals surface area contributed by atoms with Crippen LogP contribution in [0, 0.1) is 0 Å². The predicted octanol–water partition coefficient (Wildman–Crippen LogP) is 2.54. The van der Waals surface area contributed by atoms with Crippen LogP contribution in [0.1, 0.15) is 46.0 Å². The summed E-state index contributed by atoms with van der Waals surface area (Å²) < 4.78 is 10.2. The van der Waals surface area contributed by atoms with E-state index in [1.54, 1.807) is 0 Å². The maximum atomic E-state index is 11.1. The van der Waals surface area contributed by atoms with Crippen molar-refractivity contribution in [2.45, 2.75) is 46.0 Å². The lowest BCUT2D eigenvalue weighted by molar-refractivity contribution is -0.143. The zero-order valence-electron chi connectivity index (χ0n) is 9.38.